The molecule has 2 rings (SSSR count). The third-order valence-electron chi connectivity index (χ3n) is 2.43. The second kappa shape index (κ2) is 6.04. The van der Waals surface area contributed by atoms with Gasteiger partial charge in [-0.05, 0) is 40.8 Å². The molecule has 1 aromatic carbocycles. The summed E-state index contributed by atoms with van der Waals surface area (Å²) in [6.07, 6.45) is 0. The Balaban J connectivity index is 2.33. The molecule has 0 saturated carbocycles. The Labute approximate surface area is 128 Å². The second-order valence-corrected chi connectivity index (χ2v) is 6.39. The fourth-order valence-electron chi connectivity index (χ4n) is 1.54. The van der Waals surface area contributed by atoms with Gasteiger partial charge in [0.05, 0.1) is 21.1 Å². The van der Waals surface area contributed by atoms with Gasteiger partial charge in [-0.3, -0.25) is 4.79 Å². The number of carbonyl (C=O) groups excluding carboxylic acids is 1. The lowest BCUT2D eigenvalue weighted by Crippen LogP contribution is -2.12. The molecule has 0 fully saturated rings. The number of nitrogens with zero attached hydrogens (tertiary/aromatic N) is 1. The third kappa shape index (κ3) is 3.05. The summed E-state index contributed by atoms with van der Waals surface area (Å²) in [7, 11) is 1.50. The number of nitrogens with one attached hydrogen (secondary N) is 1. The van der Waals surface area contributed by atoms with Crippen LogP contribution in [0.25, 0.3) is 0 Å². The van der Waals surface area contributed by atoms with Gasteiger partial charge >= 0.3 is 0 Å². The van der Waals surface area contributed by atoms with E-state index in [4.69, 9.17) is 10.00 Å². The predicted molar refractivity (Wildman–Crippen MR) is 82.7 cm³/mol. The zero-order valence-corrected chi connectivity index (χ0v) is 12.9. The topological polar surface area (TPSA) is 62.1 Å². The summed E-state index contributed by atoms with van der Waals surface area (Å²) < 4.78 is 6.20. The van der Waals surface area contributed by atoms with Gasteiger partial charge in [0.1, 0.15) is 17.5 Å². The molecule has 0 radical (unpaired) electrons. The van der Waals surface area contributed by atoms with Crippen LogP contribution in [0.15, 0.2) is 29.6 Å². The highest BCUT2D eigenvalue weighted by Crippen LogP contribution is 2.28. The Hall–Kier alpha value is -1.59. The van der Waals surface area contributed by atoms with Crippen LogP contribution in [0.4, 0.5) is 5.69 Å². The fourth-order valence-corrected chi connectivity index (χ4v) is 2.86. The maximum Gasteiger partial charge on any atom is 0.256 e. The molecule has 2 aromatic rings. The molecule has 1 aromatic heterocycles. The van der Waals surface area contributed by atoms with Crippen molar-refractivity contribution in [3.63, 3.8) is 0 Å². The van der Waals surface area contributed by atoms with E-state index in [0.717, 1.165) is 2.88 Å². The van der Waals surface area contributed by atoms with Crippen molar-refractivity contribution in [2.45, 2.75) is 0 Å². The molecule has 0 saturated heterocycles. The van der Waals surface area contributed by atoms with Crippen molar-refractivity contribution in [3.05, 3.63) is 43.7 Å². The van der Waals surface area contributed by atoms with E-state index in [1.807, 2.05) is 6.07 Å². The number of halogens is 1. The van der Waals surface area contributed by atoms with Gasteiger partial charge in [0.2, 0.25) is 0 Å². The molecule has 0 bridgehead atoms. The van der Waals surface area contributed by atoms with E-state index >= 15 is 0 Å². The first-order chi connectivity index (χ1) is 9.15. The standard InChI is InChI=1S/C13H9IN2O2S/c1-18-10-4-2-3-8(6-15)12(10)16-13(17)9-5-11(14)19-7-9/h2-5,7H,1H3,(H,16,17). The van der Waals surface area contributed by atoms with Gasteiger partial charge in [0.15, 0.2) is 0 Å². The van der Waals surface area contributed by atoms with Gasteiger partial charge in [-0.25, -0.2) is 0 Å². The maximum atomic E-state index is 12.1. The molecule has 19 heavy (non-hydrogen) atoms. The minimum Gasteiger partial charge on any atom is -0.495 e. The van der Waals surface area contributed by atoms with E-state index in [1.165, 1.54) is 18.4 Å². The van der Waals surface area contributed by atoms with Crippen molar-refractivity contribution >= 4 is 45.5 Å². The van der Waals surface area contributed by atoms with Gasteiger partial charge in [-0.15, -0.1) is 11.3 Å². The van der Waals surface area contributed by atoms with Crippen molar-refractivity contribution in [1.29, 1.82) is 5.26 Å². The van der Waals surface area contributed by atoms with E-state index < -0.39 is 0 Å². The summed E-state index contributed by atoms with van der Waals surface area (Å²) in [4.78, 5) is 12.1. The number of nitriles is 1. The average molecular weight is 384 g/mol. The molecule has 6 heteroatoms. The summed E-state index contributed by atoms with van der Waals surface area (Å²) in [5.74, 6) is 0.220. The van der Waals surface area contributed by atoms with Crippen LogP contribution in [0.2, 0.25) is 0 Å². The average Bonchev–Trinajstić information content (AvgIpc) is 2.85. The Morgan fingerprint density at radius 3 is 2.89 bits per heavy atom. The molecule has 0 aliphatic heterocycles. The molecular weight excluding hydrogens is 375 g/mol. The van der Waals surface area contributed by atoms with Gasteiger partial charge in [0.25, 0.3) is 5.91 Å². The van der Waals surface area contributed by atoms with Crippen molar-refractivity contribution in [1.82, 2.24) is 0 Å². The number of anilines is 1. The van der Waals surface area contributed by atoms with Gasteiger partial charge in [-0.2, -0.15) is 5.26 Å². The number of methoxy groups -OCH3 is 1. The van der Waals surface area contributed by atoms with Gasteiger partial charge in [-0.1, -0.05) is 6.07 Å². The first kappa shape index (κ1) is 13.8. The van der Waals surface area contributed by atoms with E-state index in [9.17, 15) is 4.79 Å². The summed E-state index contributed by atoms with van der Waals surface area (Å²) in [5.41, 5.74) is 1.35. The lowest BCUT2D eigenvalue weighted by atomic mass is 10.1. The number of hydrogen-bond donors (Lipinski definition) is 1. The Morgan fingerprint density at radius 2 is 2.32 bits per heavy atom. The van der Waals surface area contributed by atoms with E-state index in [-0.39, 0.29) is 5.91 Å². The number of para-hydroxylation sites is 1. The maximum absolute atomic E-state index is 12.1. The van der Waals surface area contributed by atoms with E-state index in [1.54, 1.807) is 29.6 Å². The molecule has 0 aliphatic carbocycles. The number of ether oxygens (including phenoxy) is 1. The highest BCUT2D eigenvalue weighted by atomic mass is 127. The molecule has 4 nitrogen and oxygen atoms in total. The number of hydrogen-bond acceptors (Lipinski definition) is 4. The monoisotopic (exact) mass is 384 g/mol. The lowest BCUT2D eigenvalue weighted by Gasteiger charge is -2.10. The minimum atomic E-state index is -0.250. The number of benzene rings is 1. The number of carbonyl (C=O) groups is 1. The van der Waals surface area contributed by atoms with E-state index in [2.05, 4.69) is 27.9 Å². The van der Waals surface area contributed by atoms with Crippen LogP contribution in [0.5, 0.6) is 5.75 Å². The lowest BCUT2D eigenvalue weighted by molar-refractivity contribution is 0.102. The SMILES string of the molecule is COc1cccc(C#N)c1NC(=O)c1csc(I)c1. The zero-order valence-electron chi connectivity index (χ0n) is 9.94. The third-order valence-corrected chi connectivity index (χ3v) is 4.22. The van der Waals surface area contributed by atoms with Crippen LogP contribution < -0.4 is 10.1 Å². The second-order valence-electron chi connectivity index (χ2n) is 3.59. The van der Waals surface area contributed by atoms with Crippen molar-refractivity contribution < 1.29 is 9.53 Å². The van der Waals surface area contributed by atoms with Crippen LogP contribution in [0.1, 0.15) is 15.9 Å². The van der Waals surface area contributed by atoms with Gasteiger partial charge < -0.3 is 10.1 Å². The predicted octanol–water partition coefficient (Wildman–Crippen LogP) is 3.49. The molecule has 96 valence electrons. The summed E-state index contributed by atoms with van der Waals surface area (Å²) >= 11 is 3.65. The molecule has 1 N–H and O–H groups in total. The molecule has 0 unspecified atom stereocenters. The van der Waals surface area contributed by atoms with Crippen molar-refractivity contribution in [2.24, 2.45) is 0 Å². The number of amides is 1. The molecule has 0 spiro atoms. The summed E-state index contributed by atoms with van der Waals surface area (Å²) in [6, 6.07) is 8.88. The minimum absolute atomic E-state index is 0.250. The fraction of sp³-hybridized carbons (Fsp3) is 0.0769. The van der Waals surface area contributed by atoms with Crippen LogP contribution in [0.3, 0.4) is 0 Å². The summed E-state index contributed by atoms with van der Waals surface area (Å²) in [6.45, 7) is 0. The van der Waals surface area contributed by atoms with Crippen molar-refractivity contribution in [2.75, 3.05) is 12.4 Å². The van der Waals surface area contributed by atoms with Gasteiger partial charge in [0, 0.05) is 5.38 Å². The normalized spacial score (nSPS) is 9.74. The van der Waals surface area contributed by atoms with Crippen LogP contribution in [0, 0.1) is 14.2 Å². The smallest absolute Gasteiger partial charge is 0.256 e. The largest absolute Gasteiger partial charge is 0.495 e. The summed E-state index contributed by atoms with van der Waals surface area (Å²) in [5, 5.41) is 13.6. The molecule has 1 amide bonds. The number of thiophene rings is 1. The van der Waals surface area contributed by atoms with Crippen LogP contribution in [-0.4, -0.2) is 13.0 Å². The number of rotatable bonds is 3. The molecular formula is C13H9IN2O2S. The quantitative estimate of drug-likeness (QED) is 0.825. The molecule has 0 aliphatic rings. The van der Waals surface area contributed by atoms with E-state index in [0.29, 0.717) is 22.6 Å². The van der Waals surface area contributed by atoms with Crippen LogP contribution in [-0.2, 0) is 0 Å². The molecule has 0 atom stereocenters. The first-order valence-corrected chi connectivity index (χ1v) is 7.24. The Bertz CT molecular complexity index is 661. The molecule has 1 heterocycles. The zero-order chi connectivity index (χ0) is 13.8. The van der Waals surface area contributed by atoms with Crippen molar-refractivity contribution in [3.8, 4) is 11.8 Å². The highest BCUT2D eigenvalue weighted by molar-refractivity contribution is 14.1. The van der Waals surface area contributed by atoms with Crippen LogP contribution >= 0.6 is 33.9 Å². The highest BCUT2D eigenvalue weighted by Gasteiger charge is 2.14. The first-order valence-electron chi connectivity index (χ1n) is 5.28. The Morgan fingerprint density at radius 1 is 1.53 bits per heavy atom. The Kier molecular flexibility index (Phi) is 4.39.